The van der Waals surface area contributed by atoms with E-state index in [-0.39, 0.29) is 0 Å². The molecule has 1 aromatic carbocycles. The summed E-state index contributed by atoms with van der Waals surface area (Å²) in [4.78, 5) is 0. The van der Waals surface area contributed by atoms with Crippen molar-refractivity contribution in [1.29, 1.82) is 0 Å². The first-order valence-corrected chi connectivity index (χ1v) is 5.22. The molecule has 6 heteroatoms. The third-order valence-corrected chi connectivity index (χ3v) is 2.45. The van der Waals surface area contributed by atoms with Crippen LogP contribution in [0, 0.1) is 29.1 Å². The van der Waals surface area contributed by atoms with Crippen LogP contribution in [0.5, 0.6) is 0 Å². The zero-order chi connectivity index (χ0) is 14.0. The van der Waals surface area contributed by atoms with E-state index >= 15 is 0 Å². The number of halogens is 5. The number of benzene rings is 1. The number of furan rings is 1. The first-order valence-electron chi connectivity index (χ1n) is 5.22. The van der Waals surface area contributed by atoms with Crippen LogP contribution in [0.4, 0.5) is 22.0 Å². The predicted octanol–water partition coefficient (Wildman–Crippen LogP) is 4.23. The molecule has 0 amide bonds. The summed E-state index contributed by atoms with van der Waals surface area (Å²) in [5.74, 6) is -9.28. The molecule has 0 saturated carbocycles. The normalized spacial score (nSPS) is 11.4. The van der Waals surface area contributed by atoms with Gasteiger partial charge in [-0.3, -0.25) is 0 Å². The van der Waals surface area contributed by atoms with E-state index in [2.05, 4.69) is 0 Å². The monoisotopic (exact) mass is 274 g/mol. The second-order valence-corrected chi connectivity index (χ2v) is 3.67. The van der Waals surface area contributed by atoms with E-state index in [1.807, 2.05) is 0 Å². The minimum absolute atomic E-state index is 0.406. The standard InChI is InChI=1S/C13H7F5O/c14-9-8(5-1-3-7-4-2-6-19-7)10(15)12(17)13(18)11(9)16/h1-4,6H,5H2/b3-1+. The molecule has 0 saturated heterocycles. The maximum absolute atomic E-state index is 13.3. The summed E-state index contributed by atoms with van der Waals surface area (Å²) in [6.45, 7) is 0. The molecule has 1 nitrogen and oxygen atoms in total. The molecule has 0 fully saturated rings. The Bertz CT molecular complexity index is 587. The molecule has 19 heavy (non-hydrogen) atoms. The highest BCUT2D eigenvalue weighted by Crippen LogP contribution is 2.23. The smallest absolute Gasteiger partial charge is 0.200 e. The Morgan fingerprint density at radius 1 is 0.895 bits per heavy atom. The molecular formula is C13H7F5O. The van der Waals surface area contributed by atoms with Gasteiger partial charge >= 0.3 is 0 Å². The third kappa shape index (κ3) is 2.52. The zero-order valence-corrected chi connectivity index (χ0v) is 9.39. The average molecular weight is 274 g/mol. The molecule has 0 bridgehead atoms. The van der Waals surface area contributed by atoms with Crippen LogP contribution in [0.3, 0.4) is 0 Å². The lowest BCUT2D eigenvalue weighted by atomic mass is 10.1. The fourth-order valence-corrected chi connectivity index (χ4v) is 1.51. The molecule has 1 aromatic heterocycles. The topological polar surface area (TPSA) is 13.1 Å². The fraction of sp³-hybridized carbons (Fsp3) is 0.0769. The third-order valence-electron chi connectivity index (χ3n) is 2.45. The maximum atomic E-state index is 13.3. The van der Waals surface area contributed by atoms with Gasteiger partial charge in [-0.15, -0.1) is 0 Å². The molecule has 2 aromatic rings. The van der Waals surface area contributed by atoms with Crippen molar-refractivity contribution in [2.24, 2.45) is 0 Å². The van der Waals surface area contributed by atoms with E-state index < -0.39 is 41.1 Å². The van der Waals surface area contributed by atoms with Crippen molar-refractivity contribution in [3.05, 3.63) is 64.9 Å². The van der Waals surface area contributed by atoms with Crippen molar-refractivity contribution in [3.63, 3.8) is 0 Å². The van der Waals surface area contributed by atoms with Crippen molar-refractivity contribution in [1.82, 2.24) is 0 Å². The second kappa shape index (κ2) is 5.26. The molecule has 2 rings (SSSR count). The molecular weight excluding hydrogens is 267 g/mol. The summed E-state index contributed by atoms with van der Waals surface area (Å²) in [5, 5.41) is 0. The van der Waals surface area contributed by atoms with Crippen molar-refractivity contribution < 1.29 is 26.4 Å². The largest absolute Gasteiger partial charge is 0.465 e. The second-order valence-electron chi connectivity index (χ2n) is 3.67. The van der Waals surface area contributed by atoms with Gasteiger partial charge in [-0.25, -0.2) is 22.0 Å². The lowest BCUT2D eigenvalue weighted by Gasteiger charge is -2.05. The van der Waals surface area contributed by atoms with Crippen LogP contribution in [0.1, 0.15) is 11.3 Å². The number of allylic oxidation sites excluding steroid dienone is 1. The molecule has 0 aliphatic carbocycles. The Morgan fingerprint density at radius 3 is 2.00 bits per heavy atom. The summed E-state index contributed by atoms with van der Waals surface area (Å²) in [7, 11) is 0. The van der Waals surface area contributed by atoms with Gasteiger partial charge in [0.1, 0.15) is 5.76 Å². The van der Waals surface area contributed by atoms with Crippen molar-refractivity contribution >= 4 is 6.08 Å². The van der Waals surface area contributed by atoms with Crippen LogP contribution in [0.2, 0.25) is 0 Å². The highest BCUT2D eigenvalue weighted by molar-refractivity contribution is 5.43. The number of hydrogen-bond acceptors (Lipinski definition) is 1. The van der Waals surface area contributed by atoms with Crippen LogP contribution in [0.15, 0.2) is 28.9 Å². The van der Waals surface area contributed by atoms with Gasteiger partial charge < -0.3 is 4.42 Å². The number of hydrogen-bond donors (Lipinski definition) is 0. The highest BCUT2D eigenvalue weighted by Gasteiger charge is 2.24. The quantitative estimate of drug-likeness (QED) is 0.463. The minimum atomic E-state index is -2.16. The summed E-state index contributed by atoms with van der Waals surface area (Å²) < 4.78 is 70.1. The molecule has 0 radical (unpaired) electrons. The van der Waals surface area contributed by atoms with Gasteiger partial charge in [0.2, 0.25) is 5.82 Å². The lowest BCUT2D eigenvalue weighted by molar-refractivity contribution is 0.371. The summed E-state index contributed by atoms with van der Waals surface area (Å²) in [6, 6.07) is 3.17. The lowest BCUT2D eigenvalue weighted by Crippen LogP contribution is -2.06. The van der Waals surface area contributed by atoms with Gasteiger partial charge in [-0.1, -0.05) is 6.08 Å². The van der Waals surface area contributed by atoms with E-state index in [4.69, 9.17) is 4.42 Å². The fourth-order valence-electron chi connectivity index (χ4n) is 1.51. The number of rotatable bonds is 3. The molecule has 0 aliphatic rings. The van der Waals surface area contributed by atoms with E-state index in [1.165, 1.54) is 18.4 Å². The van der Waals surface area contributed by atoms with Crippen molar-refractivity contribution in [2.75, 3.05) is 0 Å². The van der Waals surface area contributed by atoms with Crippen LogP contribution in [-0.4, -0.2) is 0 Å². The van der Waals surface area contributed by atoms with Gasteiger partial charge in [0.15, 0.2) is 23.3 Å². The Balaban J connectivity index is 2.30. The van der Waals surface area contributed by atoms with Crippen molar-refractivity contribution in [3.8, 4) is 0 Å². The molecule has 0 spiro atoms. The first kappa shape index (κ1) is 13.3. The molecule has 100 valence electrons. The summed E-state index contributed by atoms with van der Waals surface area (Å²) in [6.07, 6.45) is 3.57. The van der Waals surface area contributed by atoms with Gasteiger partial charge in [-0.2, -0.15) is 0 Å². The Labute approximate surface area is 105 Å². The van der Waals surface area contributed by atoms with E-state index in [1.54, 1.807) is 12.1 Å². The van der Waals surface area contributed by atoms with Crippen molar-refractivity contribution in [2.45, 2.75) is 6.42 Å². The predicted molar refractivity (Wildman–Crippen MR) is 57.7 cm³/mol. The summed E-state index contributed by atoms with van der Waals surface area (Å²) >= 11 is 0. The molecule has 0 N–H and O–H groups in total. The molecule has 0 aliphatic heterocycles. The molecule has 1 heterocycles. The van der Waals surface area contributed by atoms with Crippen LogP contribution in [0.25, 0.3) is 6.08 Å². The van der Waals surface area contributed by atoms with Crippen LogP contribution >= 0.6 is 0 Å². The van der Waals surface area contributed by atoms with Crippen LogP contribution in [-0.2, 0) is 6.42 Å². The van der Waals surface area contributed by atoms with E-state index in [9.17, 15) is 22.0 Å². The highest BCUT2D eigenvalue weighted by atomic mass is 19.2. The Morgan fingerprint density at radius 2 is 1.47 bits per heavy atom. The van der Waals surface area contributed by atoms with Gasteiger partial charge in [-0.05, 0) is 24.6 Å². The Hall–Kier alpha value is -2.11. The minimum Gasteiger partial charge on any atom is -0.465 e. The average Bonchev–Trinajstić information content (AvgIpc) is 2.91. The summed E-state index contributed by atoms with van der Waals surface area (Å²) in [5.41, 5.74) is -0.876. The van der Waals surface area contributed by atoms with E-state index in [0.29, 0.717) is 5.76 Å². The van der Waals surface area contributed by atoms with Gasteiger partial charge in [0.05, 0.1) is 6.26 Å². The van der Waals surface area contributed by atoms with E-state index in [0.717, 1.165) is 0 Å². The van der Waals surface area contributed by atoms with Gasteiger partial charge in [0, 0.05) is 5.56 Å². The Kier molecular flexibility index (Phi) is 3.69. The van der Waals surface area contributed by atoms with Crippen LogP contribution < -0.4 is 0 Å². The first-order chi connectivity index (χ1) is 9.02. The molecule has 0 unspecified atom stereocenters. The SMILES string of the molecule is Fc1c(F)c(F)c(C/C=C/c2ccco2)c(F)c1F. The van der Waals surface area contributed by atoms with Gasteiger partial charge in [0.25, 0.3) is 0 Å². The zero-order valence-electron chi connectivity index (χ0n) is 9.39. The molecule has 0 atom stereocenters. The maximum Gasteiger partial charge on any atom is 0.200 e.